The summed E-state index contributed by atoms with van der Waals surface area (Å²) in [6.07, 6.45) is 36.1. The molecular weight excluding hydrogens is 1370 g/mol. The zero-order valence-corrected chi connectivity index (χ0v) is 75.4. The van der Waals surface area contributed by atoms with E-state index in [2.05, 4.69) is 207 Å². The van der Waals surface area contributed by atoms with E-state index < -0.39 is 0 Å². The molecule has 17 nitrogen and oxygen atoms in total. The number of nitrogens with one attached hydrogen (secondary N) is 1. The van der Waals surface area contributed by atoms with Gasteiger partial charge in [-0.05, 0) is 399 Å². The van der Waals surface area contributed by atoms with E-state index in [1.807, 2.05) is 0 Å². The summed E-state index contributed by atoms with van der Waals surface area (Å²) in [6.45, 7) is 65.5. The normalized spacial score (nSPS) is 28.8. The molecule has 4 unspecified atom stereocenters. The summed E-state index contributed by atoms with van der Waals surface area (Å²) >= 11 is 0. The third-order valence-corrected chi connectivity index (χ3v) is 30.7. The molecule has 640 valence electrons. The molecule has 1 aromatic carbocycles. The summed E-state index contributed by atoms with van der Waals surface area (Å²) in [7, 11) is 6.85. The molecule has 14 aliphatic rings. The molecule has 1 aliphatic carbocycles. The van der Waals surface area contributed by atoms with Gasteiger partial charge in [-0.25, -0.2) is 0 Å². The number of likely N-dealkylation sites (tertiary alicyclic amines) is 11. The van der Waals surface area contributed by atoms with E-state index in [4.69, 9.17) is 0 Å². The standard InChI is InChI=1S/C18H35N3.C17H32N2.C17H26N2.C14H27N3O.2C14H29N3/c1-16(2)19-12-6-18(7-13-19)21-14-8-17(9-15-21)20-10-4-3-5-11-20;2*1-14(2)18-11-8-17(9-12-18)19-10-7-15-5-3-4-6-16(15)13-19;1-11(2)16-8-5-14(6-9-16)17-7-4-13(10-17)15-12(3)18;1-12(2)17-9-6-13(7-10-17)16(4)14-5-8-15(3)11-14;1-13(2)16-9-5-14(6-10-16)17-8-4-7-15(3)11-12-17/h16-18H,3-15H2,1-2H3;14-17H,3-13H2,1-2H3;3-6,14,17H,7-13H2,1-2H3;11,13-14H,4-10H2,1-3H3,(H,15,18);12-14H,5-11H2,1-4H3;13-14H,4-12H2,1-3H3. The molecule has 13 aliphatic heterocycles. The minimum Gasteiger partial charge on any atom is -0.352 e. The summed E-state index contributed by atoms with van der Waals surface area (Å²) in [5, 5.41) is 3.05. The summed E-state index contributed by atoms with van der Waals surface area (Å²) < 4.78 is 0. The number of hydrogen-bond acceptors (Lipinski definition) is 16. The van der Waals surface area contributed by atoms with E-state index in [1.165, 1.54) is 331 Å². The van der Waals surface area contributed by atoms with Crippen LogP contribution in [-0.4, -0.2) is 368 Å². The lowest BCUT2D eigenvalue weighted by atomic mass is 9.74. The Morgan fingerprint density at radius 3 is 1.16 bits per heavy atom. The Labute approximate surface area is 685 Å². The lowest BCUT2D eigenvalue weighted by Crippen LogP contribution is -2.52. The van der Waals surface area contributed by atoms with Crippen molar-refractivity contribution < 1.29 is 4.79 Å². The van der Waals surface area contributed by atoms with Gasteiger partial charge in [0.2, 0.25) is 5.91 Å². The van der Waals surface area contributed by atoms with Gasteiger partial charge >= 0.3 is 0 Å². The van der Waals surface area contributed by atoms with Crippen molar-refractivity contribution in [2.45, 2.75) is 354 Å². The fourth-order valence-corrected chi connectivity index (χ4v) is 22.8. The fourth-order valence-electron chi connectivity index (χ4n) is 22.8. The molecule has 17 heteroatoms. The van der Waals surface area contributed by atoms with Crippen molar-refractivity contribution in [2.24, 2.45) is 11.8 Å². The van der Waals surface area contributed by atoms with E-state index in [9.17, 15) is 4.79 Å². The number of carbonyl (C=O) groups excluding carboxylic acids is 1. The predicted molar refractivity (Wildman–Crippen MR) is 472 cm³/mol. The van der Waals surface area contributed by atoms with E-state index in [0.29, 0.717) is 18.1 Å². The van der Waals surface area contributed by atoms with Crippen molar-refractivity contribution >= 4 is 5.91 Å². The number of fused-ring (bicyclic) bond motifs is 2. The predicted octanol–water partition coefficient (Wildman–Crippen LogP) is 13.2. The van der Waals surface area contributed by atoms with Crippen LogP contribution in [0.5, 0.6) is 0 Å². The van der Waals surface area contributed by atoms with Gasteiger partial charge in [-0.2, -0.15) is 0 Å². The van der Waals surface area contributed by atoms with Crippen molar-refractivity contribution in [3.63, 3.8) is 0 Å². The second-order valence-electron chi connectivity index (χ2n) is 39.9. The lowest BCUT2D eigenvalue weighted by molar-refractivity contribution is -0.119. The third-order valence-electron chi connectivity index (χ3n) is 30.7. The first kappa shape index (κ1) is 91.4. The molecule has 0 aromatic heterocycles. The van der Waals surface area contributed by atoms with Crippen molar-refractivity contribution in [1.82, 2.24) is 78.8 Å². The first-order valence-electron chi connectivity index (χ1n) is 47.8. The highest BCUT2D eigenvalue weighted by molar-refractivity contribution is 5.73. The molecule has 0 radical (unpaired) electrons. The SMILES string of the molecule is CC(=O)NC1CCN(C2CCN(C(C)C)CC2)C1.CC(C)N1CCC(N(C)C2CCN(C)C2)CC1.CC(C)N1CCC(N2CCC(N3CCCCC3)CC2)CC1.CC(C)N1CCC(N2CCC3CCCCC3C2)CC1.CC(C)N1CCC(N2CCCN(C)CC2)CC1.CC(C)N1CCC(N2CCc3ccccc3C2)CC1. The van der Waals surface area contributed by atoms with Crippen LogP contribution in [0.2, 0.25) is 0 Å². The van der Waals surface area contributed by atoms with Gasteiger partial charge in [-0.15, -0.1) is 0 Å². The number of benzene rings is 1. The van der Waals surface area contributed by atoms with E-state index in [0.717, 1.165) is 104 Å². The van der Waals surface area contributed by atoms with Crippen LogP contribution in [0, 0.1) is 11.8 Å². The van der Waals surface area contributed by atoms with Gasteiger partial charge in [0.1, 0.15) is 0 Å². The zero-order valence-electron chi connectivity index (χ0n) is 75.4. The average molecular weight is 1550 g/mol. The van der Waals surface area contributed by atoms with Crippen LogP contribution in [0.3, 0.4) is 0 Å². The first-order chi connectivity index (χ1) is 53.5. The second-order valence-corrected chi connectivity index (χ2v) is 39.9. The maximum atomic E-state index is 11.1. The monoisotopic (exact) mass is 1550 g/mol. The molecule has 15 rings (SSSR count). The Bertz CT molecular complexity index is 2630. The van der Waals surface area contributed by atoms with Crippen LogP contribution in [0.15, 0.2) is 24.3 Å². The molecule has 1 aromatic rings. The maximum Gasteiger partial charge on any atom is 0.217 e. The van der Waals surface area contributed by atoms with Crippen LogP contribution in [0.25, 0.3) is 0 Å². The molecule has 1 N–H and O–H groups in total. The second kappa shape index (κ2) is 47.2. The van der Waals surface area contributed by atoms with Gasteiger partial charge in [-0.3, -0.25) is 29.3 Å². The van der Waals surface area contributed by atoms with Gasteiger partial charge in [-0.1, -0.05) is 49.9 Å². The van der Waals surface area contributed by atoms with Crippen LogP contribution in [0.4, 0.5) is 0 Å². The molecule has 13 fully saturated rings. The zero-order chi connectivity index (χ0) is 78.9. The van der Waals surface area contributed by atoms with Crippen LogP contribution < -0.4 is 5.32 Å². The fraction of sp³-hybridized carbons (Fsp3) is 0.926. The van der Waals surface area contributed by atoms with Gasteiger partial charge in [0, 0.05) is 150 Å². The Hall–Kier alpha value is -1.91. The average Bonchev–Trinajstić information content (AvgIpc) is 1.69. The maximum absolute atomic E-state index is 11.1. The Balaban J connectivity index is 0.000000142. The minimum atomic E-state index is 0.108. The van der Waals surface area contributed by atoms with Crippen molar-refractivity contribution in [3.05, 3.63) is 35.4 Å². The topological polar surface area (TPSA) is 77.7 Å². The molecule has 0 bridgehead atoms. The Kier molecular flexibility index (Phi) is 38.8. The van der Waals surface area contributed by atoms with Gasteiger partial charge < -0.3 is 54.3 Å². The lowest BCUT2D eigenvalue weighted by Gasteiger charge is -2.47. The van der Waals surface area contributed by atoms with Gasteiger partial charge in [0.25, 0.3) is 0 Å². The number of amides is 1. The van der Waals surface area contributed by atoms with E-state index in [-0.39, 0.29) is 5.91 Å². The van der Waals surface area contributed by atoms with Gasteiger partial charge in [0.15, 0.2) is 0 Å². The molecule has 1 saturated carbocycles. The van der Waals surface area contributed by atoms with Crippen LogP contribution >= 0.6 is 0 Å². The molecule has 1 amide bonds. The molecule has 12 saturated heterocycles. The minimum absolute atomic E-state index is 0.108. The van der Waals surface area contributed by atoms with E-state index in [1.54, 1.807) is 18.1 Å². The smallest absolute Gasteiger partial charge is 0.217 e. The highest BCUT2D eigenvalue weighted by Gasteiger charge is 2.38. The number of piperidine rings is 9. The Morgan fingerprint density at radius 1 is 0.324 bits per heavy atom. The summed E-state index contributed by atoms with van der Waals surface area (Å²) in [6, 6.07) is 20.4. The summed E-state index contributed by atoms with van der Waals surface area (Å²) in [4.78, 5) is 50.9. The molecular formula is C94H178N16O. The summed E-state index contributed by atoms with van der Waals surface area (Å²) in [5.41, 5.74) is 3.12. The molecule has 111 heavy (non-hydrogen) atoms. The Morgan fingerprint density at radius 2 is 0.703 bits per heavy atom. The van der Waals surface area contributed by atoms with E-state index >= 15 is 0 Å². The van der Waals surface area contributed by atoms with Crippen molar-refractivity contribution in [3.8, 4) is 0 Å². The first-order valence-corrected chi connectivity index (χ1v) is 47.8. The highest BCUT2D eigenvalue weighted by atomic mass is 16.1. The van der Waals surface area contributed by atoms with Crippen LogP contribution in [-0.2, 0) is 17.8 Å². The van der Waals surface area contributed by atoms with Crippen LogP contribution in [0.1, 0.15) is 262 Å². The molecule has 4 atom stereocenters. The highest BCUT2D eigenvalue weighted by Crippen LogP contribution is 2.38. The van der Waals surface area contributed by atoms with Crippen molar-refractivity contribution in [2.75, 3.05) is 198 Å². The number of likely N-dealkylation sites (N-methyl/N-ethyl adjacent to an activating group) is 3. The summed E-state index contributed by atoms with van der Waals surface area (Å²) in [5.74, 6) is 2.24. The third kappa shape index (κ3) is 28.9. The quantitative estimate of drug-likeness (QED) is 0.181. The number of hydrogen-bond donors (Lipinski definition) is 1. The molecule has 0 spiro atoms. The van der Waals surface area contributed by atoms with Crippen molar-refractivity contribution in [1.29, 1.82) is 0 Å². The number of rotatable bonds is 15. The number of nitrogens with zero attached hydrogens (tertiary/aromatic N) is 15. The van der Waals surface area contributed by atoms with Gasteiger partial charge in [0.05, 0.1) is 0 Å². The molecule has 13 heterocycles. The number of carbonyl (C=O) groups is 1. The largest absolute Gasteiger partial charge is 0.352 e.